The van der Waals surface area contributed by atoms with E-state index in [1.807, 2.05) is 43.3 Å². The lowest BCUT2D eigenvalue weighted by atomic mass is 9.94. The summed E-state index contributed by atoms with van der Waals surface area (Å²) in [5.74, 6) is 0.435. The van der Waals surface area contributed by atoms with Crippen molar-refractivity contribution in [3.05, 3.63) is 87.7 Å². The van der Waals surface area contributed by atoms with Gasteiger partial charge < -0.3 is 9.42 Å². The van der Waals surface area contributed by atoms with E-state index in [2.05, 4.69) is 10.1 Å². The van der Waals surface area contributed by atoms with Gasteiger partial charge in [-0.25, -0.2) is 12.8 Å². The van der Waals surface area contributed by atoms with E-state index in [0.29, 0.717) is 30.8 Å². The molecule has 1 N–H and O–H groups in total. The van der Waals surface area contributed by atoms with E-state index in [4.69, 9.17) is 4.52 Å². The van der Waals surface area contributed by atoms with Crippen LogP contribution in [0.4, 0.5) is 10.1 Å². The lowest BCUT2D eigenvalue weighted by molar-refractivity contribution is 0.279. The SMILES string of the molecule is C[C@H]1CCC(c2ccccc2)S(=O)(=O)N1Cc1ccc(N2CCC(c3cc(=O)[nH]o3)CC2)cc1F. The van der Waals surface area contributed by atoms with Crippen molar-refractivity contribution in [2.24, 2.45) is 0 Å². The third-order valence-corrected chi connectivity index (χ3v) is 9.73. The summed E-state index contributed by atoms with van der Waals surface area (Å²) in [6.45, 7) is 3.35. The van der Waals surface area contributed by atoms with E-state index in [1.54, 1.807) is 6.07 Å². The zero-order valence-corrected chi connectivity index (χ0v) is 20.5. The Hall–Kier alpha value is -2.91. The Balaban J connectivity index is 1.29. The van der Waals surface area contributed by atoms with Gasteiger partial charge in [-0.2, -0.15) is 9.46 Å². The number of rotatable bonds is 5. The van der Waals surface area contributed by atoms with Crippen molar-refractivity contribution in [1.29, 1.82) is 0 Å². The maximum atomic E-state index is 15.2. The first-order chi connectivity index (χ1) is 16.8. The van der Waals surface area contributed by atoms with E-state index >= 15 is 4.39 Å². The molecule has 5 rings (SSSR count). The van der Waals surface area contributed by atoms with Gasteiger partial charge in [-0.3, -0.25) is 4.79 Å². The zero-order valence-electron chi connectivity index (χ0n) is 19.7. The van der Waals surface area contributed by atoms with Gasteiger partial charge in [0.25, 0.3) is 5.56 Å². The summed E-state index contributed by atoms with van der Waals surface area (Å²) in [5, 5.41) is 1.73. The maximum absolute atomic E-state index is 15.2. The Morgan fingerprint density at radius 2 is 1.77 bits per heavy atom. The molecule has 186 valence electrons. The Bertz CT molecular complexity index is 1330. The van der Waals surface area contributed by atoms with Gasteiger partial charge in [-0.05, 0) is 50.3 Å². The first-order valence-corrected chi connectivity index (χ1v) is 13.6. The molecule has 2 aliphatic rings. The minimum Gasteiger partial charge on any atom is -0.383 e. The van der Waals surface area contributed by atoms with Crippen LogP contribution in [0.3, 0.4) is 0 Å². The predicted octanol–water partition coefficient (Wildman–Crippen LogP) is 4.55. The molecular formula is C26H30FN3O4S. The number of aromatic amines is 1. The maximum Gasteiger partial charge on any atom is 0.280 e. The molecule has 7 nitrogen and oxygen atoms in total. The number of hydrogen-bond acceptors (Lipinski definition) is 5. The minimum absolute atomic E-state index is 0.0214. The summed E-state index contributed by atoms with van der Waals surface area (Å²) in [6, 6.07) is 15.6. The van der Waals surface area contributed by atoms with Crippen LogP contribution in [-0.2, 0) is 16.6 Å². The summed E-state index contributed by atoms with van der Waals surface area (Å²) >= 11 is 0. The summed E-state index contributed by atoms with van der Waals surface area (Å²) in [7, 11) is -3.62. The van der Waals surface area contributed by atoms with Crippen LogP contribution in [0.15, 0.2) is 63.9 Å². The van der Waals surface area contributed by atoms with Crippen LogP contribution in [0.2, 0.25) is 0 Å². The lowest BCUT2D eigenvalue weighted by Crippen LogP contribution is -2.44. The largest absolute Gasteiger partial charge is 0.383 e. The second-order valence-corrected chi connectivity index (χ2v) is 11.6. The highest BCUT2D eigenvalue weighted by Gasteiger charge is 2.40. The van der Waals surface area contributed by atoms with E-state index in [-0.39, 0.29) is 24.1 Å². The molecule has 2 aliphatic heterocycles. The molecule has 1 unspecified atom stereocenters. The fourth-order valence-electron chi connectivity index (χ4n) is 5.30. The number of benzene rings is 2. The third kappa shape index (κ3) is 4.79. The first kappa shape index (κ1) is 23.8. The fourth-order valence-corrected chi connectivity index (χ4v) is 7.49. The molecule has 3 heterocycles. The second kappa shape index (κ2) is 9.62. The quantitative estimate of drug-likeness (QED) is 0.557. The summed E-state index contributed by atoms with van der Waals surface area (Å²) in [4.78, 5) is 13.5. The smallest absolute Gasteiger partial charge is 0.280 e. The highest BCUT2D eigenvalue weighted by Crippen LogP contribution is 2.38. The van der Waals surface area contributed by atoms with Crippen molar-refractivity contribution in [3.63, 3.8) is 0 Å². The first-order valence-electron chi connectivity index (χ1n) is 12.1. The van der Waals surface area contributed by atoms with E-state index in [9.17, 15) is 13.2 Å². The molecule has 0 amide bonds. The topological polar surface area (TPSA) is 86.6 Å². The molecule has 0 radical (unpaired) electrons. The van der Waals surface area contributed by atoms with Gasteiger partial charge in [-0.15, -0.1) is 0 Å². The molecule has 35 heavy (non-hydrogen) atoms. The minimum atomic E-state index is -3.62. The van der Waals surface area contributed by atoms with Crippen LogP contribution >= 0.6 is 0 Å². The Kier molecular flexibility index (Phi) is 6.55. The molecule has 0 bridgehead atoms. The number of H-pyrrole nitrogens is 1. The Morgan fingerprint density at radius 3 is 2.43 bits per heavy atom. The van der Waals surface area contributed by atoms with Crippen molar-refractivity contribution in [1.82, 2.24) is 9.46 Å². The van der Waals surface area contributed by atoms with Crippen LogP contribution in [0.1, 0.15) is 60.7 Å². The molecule has 0 aliphatic carbocycles. The number of anilines is 1. The van der Waals surface area contributed by atoms with Crippen molar-refractivity contribution in [2.75, 3.05) is 18.0 Å². The van der Waals surface area contributed by atoms with E-state index < -0.39 is 21.1 Å². The van der Waals surface area contributed by atoms with E-state index in [0.717, 1.165) is 30.5 Å². The van der Waals surface area contributed by atoms with Crippen LogP contribution in [0.25, 0.3) is 0 Å². The number of halogens is 1. The average Bonchev–Trinajstić information content (AvgIpc) is 3.29. The Labute approximate surface area is 204 Å². The molecule has 2 fully saturated rings. The second-order valence-electron chi connectivity index (χ2n) is 9.57. The van der Waals surface area contributed by atoms with Gasteiger partial charge >= 0.3 is 0 Å². The standard InChI is InChI=1S/C26H30FN3O4S/c1-18-7-10-25(20-5-3-2-4-6-20)35(32,33)30(18)17-21-8-9-22(15-23(21)27)29-13-11-19(12-14-29)24-16-26(31)28-34-24/h2-6,8-9,15-16,18-19,25H,7,10-14,17H2,1H3,(H,28,31)/t18-,25?/m0/s1. The van der Waals surface area contributed by atoms with Gasteiger partial charge in [0.05, 0.1) is 0 Å². The zero-order chi connectivity index (χ0) is 24.6. The van der Waals surface area contributed by atoms with Gasteiger partial charge in [0, 0.05) is 48.9 Å². The predicted molar refractivity (Wildman–Crippen MR) is 132 cm³/mol. The molecule has 2 saturated heterocycles. The number of piperidine rings is 1. The van der Waals surface area contributed by atoms with Crippen molar-refractivity contribution >= 4 is 15.7 Å². The highest BCUT2D eigenvalue weighted by molar-refractivity contribution is 7.89. The fraction of sp³-hybridized carbons (Fsp3) is 0.423. The summed E-state index contributed by atoms with van der Waals surface area (Å²) in [5.41, 5.74) is 1.70. The van der Waals surface area contributed by atoms with Gasteiger partial charge in [0.15, 0.2) is 0 Å². The van der Waals surface area contributed by atoms with Gasteiger partial charge in [-0.1, -0.05) is 36.4 Å². The summed E-state index contributed by atoms with van der Waals surface area (Å²) in [6.07, 6.45) is 2.89. The van der Waals surface area contributed by atoms with Crippen LogP contribution in [0, 0.1) is 5.82 Å². The monoisotopic (exact) mass is 499 g/mol. The molecule has 2 atom stereocenters. The molecule has 0 spiro atoms. The molecule has 1 aromatic heterocycles. The normalized spacial score (nSPS) is 23.4. The number of nitrogens with one attached hydrogen (secondary N) is 1. The molecule has 2 aromatic carbocycles. The van der Waals surface area contributed by atoms with Gasteiger partial charge in [0.2, 0.25) is 10.0 Å². The van der Waals surface area contributed by atoms with E-state index in [1.165, 1.54) is 16.4 Å². The molecule has 3 aromatic rings. The summed E-state index contributed by atoms with van der Waals surface area (Å²) < 4.78 is 48.8. The Morgan fingerprint density at radius 1 is 1.03 bits per heavy atom. The van der Waals surface area contributed by atoms with Crippen molar-refractivity contribution < 1.29 is 17.3 Å². The molecule has 0 saturated carbocycles. The van der Waals surface area contributed by atoms with Crippen LogP contribution < -0.4 is 10.5 Å². The van der Waals surface area contributed by atoms with Gasteiger partial charge in [0.1, 0.15) is 16.8 Å². The number of hydrogen-bond donors (Lipinski definition) is 1. The molecular weight excluding hydrogens is 469 g/mol. The molecule has 9 heteroatoms. The van der Waals surface area contributed by atoms with Crippen molar-refractivity contribution in [3.8, 4) is 0 Å². The van der Waals surface area contributed by atoms with Crippen LogP contribution in [-0.4, -0.2) is 37.0 Å². The third-order valence-electron chi connectivity index (χ3n) is 7.36. The highest BCUT2D eigenvalue weighted by atomic mass is 32.2. The van der Waals surface area contributed by atoms with Crippen LogP contribution in [0.5, 0.6) is 0 Å². The van der Waals surface area contributed by atoms with Crippen molar-refractivity contribution in [2.45, 2.75) is 56.4 Å². The average molecular weight is 500 g/mol. The number of aromatic nitrogens is 1. The number of nitrogens with zero attached hydrogens (tertiary/aromatic N) is 2. The number of sulfonamides is 1. The lowest BCUT2D eigenvalue weighted by Gasteiger charge is -2.37.